The number of halogens is 2. The van der Waals surface area contributed by atoms with Crippen LogP contribution in [0.25, 0.3) is 0 Å². The molecule has 1 aromatic heterocycles. The number of thiophene rings is 1. The molecule has 0 aliphatic heterocycles. The van der Waals surface area contributed by atoms with Crippen molar-refractivity contribution in [1.29, 1.82) is 0 Å². The number of rotatable bonds is 5. The van der Waals surface area contributed by atoms with Gasteiger partial charge in [0.15, 0.2) is 0 Å². The van der Waals surface area contributed by atoms with E-state index in [9.17, 15) is 0 Å². The maximum atomic E-state index is 6.24. The van der Waals surface area contributed by atoms with Crippen molar-refractivity contribution in [2.24, 2.45) is 0 Å². The molecule has 0 saturated carbocycles. The first-order chi connectivity index (χ1) is 8.72. The van der Waals surface area contributed by atoms with Crippen molar-refractivity contribution in [3.05, 3.63) is 56.2 Å². The molecule has 0 aliphatic carbocycles. The van der Waals surface area contributed by atoms with Crippen LogP contribution in [0.3, 0.4) is 0 Å². The zero-order chi connectivity index (χ0) is 13.0. The van der Waals surface area contributed by atoms with Crippen molar-refractivity contribution in [3.63, 3.8) is 0 Å². The van der Waals surface area contributed by atoms with E-state index in [2.05, 4.69) is 29.1 Å². The second-order valence-corrected chi connectivity index (χ2v) is 5.65. The van der Waals surface area contributed by atoms with E-state index in [0.29, 0.717) is 10.0 Å². The van der Waals surface area contributed by atoms with Gasteiger partial charge in [-0.05, 0) is 47.0 Å². The van der Waals surface area contributed by atoms with E-state index in [4.69, 9.17) is 23.2 Å². The number of likely N-dealkylation sites (N-methyl/N-ethyl adjacent to an activating group) is 1. The van der Waals surface area contributed by atoms with E-state index in [1.165, 1.54) is 5.56 Å². The molecule has 1 unspecified atom stereocenters. The summed E-state index contributed by atoms with van der Waals surface area (Å²) in [6.07, 6.45) is 0.851. The van der Waals surface area contributed by atoms with Crippen LogP contribution in [0.4, 0.5) is 0 Å². The Morgan fingerprint density at radius 3 is 2.78 bits per heavy atom. The summed E-state index contributed by atoms with van der Waals surface area (Å²) in [4.78, 5) is 0. The second-order valence-electron chi connectivity index (χ2n) is 4.08. The second kappa shape index (κ2) is 6.58. The van der Waals surface area contributed by atoms with Crippen LogP contribution in [0.5, 0.6) is 0 Å². The molecule has 0 radical (unpaired) electrons. The zero-order valence-corrected chi connectivity index (χ0v) is 12.4. The van der Waals surface area contributed by atoms with Gasteiger partial charge in [0.25, 0.3) is 0 Å². The van der Waals surface area contributed by atoms with Crippen molar-refractivity contribution in [2.75, 3.05) is 6.54 Å². The highest BCUT2D eigenvalue weighted by Crippen LogP contribution is 2.29. The minimum Gasteiger partial charge on any atom is -0.310 e. The fraction of sp³-hybridized carbons (Fsp3) is 0.286. The molecule has 0 bridgehead atoms. The average Bonchev–Trinajstić information content (AvgIpc) is 2.88. The Morgan fingerprint density at radius 2 is 2.11 bits per heavy atom. The van der Waals surface area contributed by atoms with Gasteiger partial charge in [-0.1, -0.05) is 42.3 Å². The van der Waals surface area contributed by atoms with E-state index in [1.54, 1.807) is 11.3 Å². The van der Waals surface area contributed by atoms with Crippen LogP contribution in [0.15, 0.2) is 35.0 Å². The maximum Gasteiger partial charge on any atom is 0.0624 e. The predicted molar refractivity (Wildman–Crippen MR) is 80.9 cm³/mol. The molecule has 18 heavy (non-hydrogen) atoms. The van der Waals surface area contributed by atoms with Crippen LogP contribution in [-0.2, 0) is 6.42 Å². The van der Waals surface area contributed by atoms with Gasteiger partial charge in [0, 0.05) is 6.04 Å². The van der Waals surface area contributed by atoms with E-state index in [0.717, 1.165) is 18.5 Å². The summed E-state index contributed by atoms with van der Waals surface area (Å²) in [6, 6.07) is 8.24. The topological polar surface area (TPSA) is 12.0 Å². The highest BCUT2D eigenvalue weighted by atomic mass is 35.5. The minimum absolute atomic E-state index is 0.289. The van der Waals surface area contributed by atoms with Gasteiger partial charge in [-0.25, -0.2) is 0 Å². The van der Waals surface area contributed by atoms with E-state index in [1.807, 2.05) is 18.2 Å². The lowest BCUT2D eigenvalue weighted by Gasteiger charge is -2.18. The summed E-state index contributed by atoms with van der Waals surface area (Å²) in [5.41, 5.74) is 2.39. The third-order valence-electron chi connectivity index (χ3n) is 2.85. The first-order valence-corrected chi connectivity index (χ1v) is 7.60. The molecule has 1 heterocycles. The third kappa shape index (κ3) is 3.27. The Balaban J connectivity index is 2.21. The molecular weight excluding hydrogens is 285 g/mol. The van der Waals surface area contributed by atoms with E-state index < -0.39 is 0 Å². The lowest BCUT2D eigenvalue weighted by molar-refractivity contribution is 0.551. The van der Waals surface area contributed by atoms with Gasteiger partial charge in [0.1, 0.15) is 0 Å². The van der Waals surface area contributed by atoms with Gasteiger partial charge in [-0.15, -0.1) is 0 Å². The maximum absolute atomic E-state index is 6.24. The molecule has 0 amide bonds. The van der Waals surface area contributed by atoms with Crippen molar-refractivity contribution < 1.29 is 0 Å². The lowest BCUT2D eigenvalue weighted by Crippen LogP contribution is -2.22. The van der Waals surface area contributed by atoms with Crippen molar-refractivity contribution in [2.45, 2.75) is 19.4 Å². The minimum atomic E-state index is 0.289. The van der Waals surface area contributed by atoms with Gasteiger partial charge < -0.3 is 5.32 Å². The summed E-state index contributed by atoms with van der Waals surface area (Å²) >= 11 is 14.0. The molecule has 1 nitrogen and oxygen atoms in total. The van der Waals surface area contributed by atoms with Crippen LogP contribution in [-0.4, -0.2) is 6.54 Å². The Labute approximate surface area is 122 Å². The largest absolute Gasteiger partial charge is 0.310 e. The number of hydrogen-bond acceptors (Lipinski definition) is 2. The molecule has 96 valence electrons. The summed E-state index contributed by atoms with van der Waals surface area (Å²) in [5, 5.41) is 9.04. The summed E-state index contributed by atoms with van der Waals surface area (Å²) in [7, 11) is 0. The first kappa shape index (κ1) is 13.9. The summed E-state index contributed by atoms with van der Waals surface area (Å²) in [5.74, 6) is 0. The fourth-order valence-electron chi connectivity index (χ4n) is 1.95. The molecule has 0 saturated heterocycles. The smallest absolute Gasteiger partial charge is 0.0624 e. The Hall–Kier alpha value is -0.540. The molecule has 1 aromatic carbocycles. The summed E-state index contributed by atoms with van der Waals surface area (Å²) in [6.45, 7) is 3.04. The quantitative estimate of drug-likeness (QED) is 0.824. The van der Waals surface area contributed by atoms with Crippen LogP contribution < -0.4 is 5.32 Å². The molecule has 1 N–H and O–H groups in total. The highest BCUT2D eigenvalue weighted by Gasteiger charge is 2.14. The fourth-order valence-corrected chi connectivity index (χ4v) is 3.07. The van der Waals surface area contributed by atoms with E-state index >= 15 is 0 Å². The number of hydrogen-bond donors (Lipinski definition) is 1. The molecule has 4 heteroatoms. The number of nitrogens with one attached hydrogen (secondary N) is 1. The lowest BCUT2D eigenvalue weighted by atomic mass is 10.0. The third-order valence-corrected chi connectivity index (χ3v) is 4.41. The Morgan fingerprint density at radius 1 is 1.28 bits per heavy atom. The average molecular weight is 300 g/mol. The molecule has 0 aliphatic rings. The predicted octanol–water partition coefficient (Wildman–Crippen LogP) is 4.95. The van der Waals surface area contributed by atoms with Gasteiger partial charge in [-0.2, -0.15) is 11.3 Å². The van der Waals surface area contributed by atoms with Gasteiger partial charge in [0.2, 0.25) is 0 Å². The van der Waals surface area contributed by atoms with Crippen molar-refractivity contribution >= 4 is 34.5 Å². The van der Waals surface area contributed by atoms with Gasteiger partial charge in [0.05, 0.1) is 10.0 Å². The normalized spacial score (nSPS) is 12.6. The Bertz CT molecular complexity index is 497. The monoisotopic (exact) mass is 299 g/mol. The number of benzene rings is 1. The highest BCUT2D eigenvalue weighted by molar-refractivity contribution is 7.07. The zero-order valence-electron chi connectivity index (χ0n) is 10.1. The van der Waals surface area contributed by atoms with Gasteiger partial charge in [-0.3, -0.25) is 0 Å². The molecular formula is C14H15Cl2NS. The van der Waals surface area contributed by atoms with Crippen LogP contribution in [0, 0.1) is 0 Å². The molecule has 0 spiro atoms. The SMILES string of the molecule is CCNC(Cc1cccc(Cl)c1Cl)c1ccsc1. The van der Waals surface area contributed by atoms with Gasteiger partial charge >= 0.3 is 0 Å². The van der Waals surface area contributed by atoms with Crippen molar-refractivity contribution in [3.8, 4) is 0 Å². The van der Waals surface area contributed by atoms with E-state index in [-0.39, 0.29) is 6.04 Å². The molecule has 0 fully saturated rings. The molecule has 1 atom stereocenters. The Kier molecular flexibility index (Phi) is 5.07. The van der Waals surface area contributed by atoms with Crippen molar-refractivity contribution in [1.82, 2.24) is 5.32 Å². The molecule has 2 aromatic rings. The standard InChI is InChI=1S/C14H15Cl2NS/c1-2-17-13(11-6-7-18-9-11)8-10-4-3-5-12(15)14(10)16/h3-7,9,13,17H,2,8H2,1H3. The van der Waals surface area contributed by atoms with Crippen LogP contribution in [0.2, 0.25) is 10.0 Å². The summed E-state index contributed by atoms with van der Waals surface area (Å²) < 4.78 is 0. The van der Waals surface area contributed by atoms with Crippen LogP contribution in [0.1, 0.15) is 24.1 Å². The molecule has 2 rings (SSSR count). The first-order valence-electron chi connectivity index (χ1n) is 5.90. The van der Waals surface area contributed by atoms with Crippen LogP contribution >= 0.6 is 34.5 Å².